The lowest BCUT2D eigenvalue weighted by Gasteiger charge is -2.49. The molecule has 10 N–H and O–H groups in total. The van der Waals surface area contributed by atoms with Gasteiger partial charge in [-0.3, -0.25) is 19.1 Å². The van der Waals surface area contributed by atoms with Crippen LogP contribution < -0.4 is 27.1 Å². The van der Waals surface area contributed by atoms with E-state index in [1.807, 2.05) is 6.07 Å². The van der Waals surface area contributed by atoms with Crippen LogP contribution in [0.2, 0.25) is 4.34 Å². The molecule has 18 nitrogen and oxygen atoms in total. The second-order valence-electron chi connectivity index (χ2n) is 10.5. The number of aromatic nitrogens is 4. The summed E-state index contributed by atoms with van der Waals surface area (Å²) >= 11 is 8.25. The van der Waals surface area contributed by atoms with Gasteiger partial charge >= 0.3 is 23.5 Å². The number of aliphatic hydroxyl groups excluding tert-OH is 1. The molecule has 0 aromatic carbocycles. The van der Waals surface area contributed by atoms with Crippen molar-refractivity contribution < 1.29 is 43.9 Å². The van der Waals surface area contributed by atoms with Gasteiger partial charge in [-0.05, 0) is 30.5 Å². The molecule has 1 fully saturated rings. The third kappa shape index (κ3) is 6.67. The lowest BCUT2D eigenvalue weighted by molar-refractivity contribution is -0.664. The first-order valence-electron chi connectivity index (χ1n) is 13.9. The van der Waals surface area contributed by atoms with Gasteiger partial charge in [-0.2, -0.15) is 0 Å². The van der Waals surface area contributed by atoms with Gasteiger partial charge in [0.2, 0.25) is 6.10 Å². The monoisotopic (exact) mass is 709 g/mol. The highest BCUT2D eigenvalue weighted by molar-refractivity contribution is 8.00. The predicted molar refractivity (Wildman–Crippen MR) is 170 cm³/mol. The summed E-state index contributed by atoms with van der Waals surface area (Å²) in [4.78, 5) is 64.9. The van der Waals surface area contributed by atoms with E-state index in [0.29, 0.717) is 29.7 Å². The number of nitrogens with zero attached hydrogens (tertiary/aromatic N) is 6. The summed E-state index contributed by atoms with van der Waals surface area (Å²) in [6, 6.07) is 1.98. The number of carbonyl (C=O) groups is 4. The van der Waals surface area contributed by atoms with Crippen LogP contribution in [0.4, 0.5) is 11.1 Å². The first-order valence-corrected chi connectivity index (χ1v) is 16.2. The molecule has 0 spiro atoms. The Morgan fingerprint density at radius 2 is 2.04 bits per heavy atom. The van der Waals surface area contributed by atoms with Crippen molar-refractivity contribution in [1.29, 1.82) is 0 Å². The van der Waals surface area contributed by atoms with Crippen molar-refractivity contribution >= 4 is 86.4 Å². The number of oxime groups is 1. The van der Waals surface area contributed by atoms with Gasteiger partial charge in [-0.15, -0.1) is 11.8 Å². The van der Waals surface area contributed by atoms with Gasteiger partial charge in [0, 0.05) is 23.9 Å². The minimum atomic E-state index is -1.43. The van der Waals surface area contributed by atoms with E-state index < -0.39 is 53.0 Å². The van der Waals surface area contributed by atoms with E-state index in [0.717, 1.165) is 16.2 Å². The molecule has 0 radical (unpaired) electrons. The van der Waals surface area contributed by atoms with Crippen LogP contribution in [0.15, 0.2) is 34.8 Å². The van der Waals surface area contributed by atoms with Crippen molar-refractivity contribution in [2.45, 2.75) is 50.0 Å². The molecule has 0 saturated carbocycles. The number of β-lactam (4-membered cyclic amide) rings is 1. The van der Waals surface area contributed by atoms with Crippen molar-refractivity contribution in [3.8, 4) is 0 Å². The molecule has 3 aromatic rings. The Morgan fingerprint density at radius 1 is 1.30 bits per heavy atom. The molecule has 0 aliphatic carbocycles. The summed E-state index contributed by atoms with van der Waals surface area (Å²) in [6.45, 7) is 1.49. The highest BCUT2D eigenvalue weighted by Crippen LogP contribution is 2.40. The molecule has 5 heterocycles. The van der Waals surface area contributed by atoms with Crippen molar-refractivity contribution in [2.24, 2.45) is 10.9 Å². The van der Waals surface area contributed by atoms with Crippen LogP contribution in [-0.2, 0) is 37.1 Å². The fourth-order valence-corrected chi connectivity index (χ4v) is 7.22. The molecule has 47 heavy (non-hydrogen) atoms. The van der Waals surface area contributed by atoms with E-state index in [4.69, 9.17) is 38.7 Å². The molecule has 1 saturated heterocycles. The lowest BCUT2D eigenvalue weighted by atomic mass is 10.0. The largest absolute Gasteiger partial charge is 0.478 e. The first kappa shape index (κ1) is 33.9. The Balaban J connectivity index is 1.38. The van der Waals surface area contributed by atoms with E-state index in [2.05, 4.69) is 20.4 Å². The SMILES string of the molecule is C[C@H](ON=C(C(=O)NC1C(=O)N2C(C(=O)O)=C(C[n+]3cccc4c3nc(N)n4CC[C@H](N)CO)CSC12)c1nc(N)sc1Cl)C(=O)O. The molecule has 4 atom stereocenters. The average Bonchev–Trinajstić information content (AvgIpc) is 3.54. The number of thioether (sulfide) groups is 1. The average molecular weight is 710 g/mol. The van der Waals surface area contributed by atoms with Crippen LogP contribution in [0.5, 0.6) is 0 Å². The molecule has 2 unspecified atom stereocenters. The third-order valence-corrected chi connectivity index (χ3v) is 9.78. The smallest absolute Gasteiger partial charge is 0.352 e. The zero-order chi connectivity index (χ0) is 34.2. The molecule has 21 heteroatoms. The predicted octanol–water partition coefficient (Wildman–Crippen LogP) is -1.06. The number of rotatable bonds is 13. The van der Waals surface area contributed by atoms with E-state index >= 15 is 0 Å². The fraction of sp³-hybridized carbons (Fsp3) is 0.385. The molecule has 5 rings (SSSR count). The number of amides is 2. The van der Waals surface area contributed by atoms with E-state index in [9.17, 15) is 29.4 Å². The summed E-state index contributed by atoms with van der Waals surface area (Å²) in [5, 5.41) is 34.0. The minimum absolute atomic E-state index is 0.00296. The molecular weight excluding hydrogens is 680 g/mol. The van der Waals surface area contributed by atoms with Crippen molar-refractivity contribution in [3.63, 3.8) is 0 Å². The number of nitrogens with two attached hydrogens (primary N) is 3. The number of carboxylic acids is 2. The Bertz CT molecular complexity index is 1830. The highest BCUT2D eigenvalue weighted by Gasteiger charge is 2.54. The zero-order valence-corrected chi connectivity index (χ0v) is 27.0. The first-order chi connectivity index (χ1) is 22.3. The Hall–Kier alpha value is -4.50. The number of aryl methyl sites for hydroxylation is 1. The van der Waals surface area contributed by atoms with E-state index in [-0.39, 0.29) is 45.7 Å². The number of halogens is 1. The number of anilines is 2. The number of aliphatic carboxylic acids is 2. The minimum Gasteiger partial charge on any atom is -0.478 e. The van der Waals surface area contributed by atoms with Crippen LogP contribution >= 0.6 is 34.7 Å². The van der Waals surface area contributed by atoms with Gasteiger partial charge in [-0.1, -0.05) is 28.1 Å². The number of aliphatic hydroxyl groups is 1. The lowest BCUT2D eigenvalue weighted by Crippen LogP contribution is -2.71. The van der Waals surface area contributed by atoms with E-state index in [1.165, 1.54) is 18.7 Å². The zero-order valence-electron chi connectivity index (χ0n) is 24.6. The molecule has 250 valence electrons. The number of hydrogen-bond acceptors (Lipinski definition) is 14. The maximum atomic E-state index is 13.4. The maximum absolute atomic E-state index is 13.4. The number of carbonyl (C=O) groups excluding carboxylic acids is 2. The topological polar surface area (TPSA) is 278 Å². The number of nitrogens with one attached hydrogen (secondary N) is 1. The second-order valence-corrected chi connectivity index (χ2v) is 13.3. The summed E-state index contributed by atoms with van der Waals surface area (Å²) in [7, 11) is 0. The quantitative estimate of drug-likeness (QED) is 0.0482. The molecule has 2 aliphatic rings. The van der Waals surface area contributed by atoms with Gasteiger partial charge < -0.3 is 42.7 Å². The number of nitrogen functional groups attached to an aromatic ring is 2. The number of imidazole rings is 1. The summed E-state index contributed by atoms with van der Waals surface area (Å²) in [5.74, 6) is -3.91. The number of carboxylic acid groups (broad SMARTS) is 2. The molecular formula is C26H30ClN10O8S2+. The summed E-state index contributed by atoms with van der Waals surface area (Å²) < 4.78 is 3.45. The third-order valence-electron chi connectivity index (χ3n) is 7.36. The van der Waals surface area contributed by atoms with Gasteiger partial charge in [0.15, 0.2) is 10.8 Å². The van der Waals surface area contributed by atoms with Crippen molar-refractivity contribution in [3.05, 3.63) is 39.6 Å². The number of hydrogen-bond donors (Lipinski definition) is 7. The maximum Gasteiger partial charge on any atom is 0.352 e. The van der Waals surface area contributed by atoms with Gasteiger partial charge in [-0.25, -0.2) is 19.1 Å². The van der Waals surface area contributed by atoms with Crippen LogP contribution in [-0.4, -0.2) is 100 Å². The highest BCUT2D eigenvalue weighted by atomic mass is 35.5. The Morgan fingerprint density at radius 3 is 2.68 bits per heavy atom. The van der Waals surface area contributed by atoms with Crippen LogP contribution in [0.25, 0.3) is 11.2 Å². The normalized spacial score (nSPS) is 19.3. The summed E-state index contributed by atoms with van der Waals surface area (Å²) in [5.41, 5.74) is 18.4. The van der Waals surface area contributed by atoms with Crippen LogP contribution in [0, 0.1) is 0 Å². The van der Waals surface area contributed by atoms with Crippen LogP contribution in [0.1, 0.15) is 19.0 Å². The Labute approximate surface area is 278 Å². The fourth-order valence-electron chi connectivity index (χ4n) is 4.96. The molecule has 2 aliphatic heterocycles. The van der Waals surface area contributed by atoms with Crippen LogP contribution in [0.3, 0.4) is 0 Å². The number of thiazole rings is 1. The van der Waals surface area contributed by atoms with E-state index in [1.54, 1.807) is 21.4 Å². The molecule has 3 aromatic heterocycles. The van der Waals surface area contributed by atoms with Gasteiger partial charge in [0.25, 0.3) is 11.8 Å². The standard InChI is InChI=1S/C26H29ClN10O8S2/c1-10(23(41)42)45-34-15(14-18(27)47-26(30)32-14)20(39)31-16-21(40)37-17(24(43)44)11(9-46-22(16)37)7-35-5-2-3-13-19(35)33-25(29)36(13)6-4-12(28)8-38/h2-3,5,10,12,16,22,29,38H,4,6-9,28H2,1H3,(H5,30,31,32,39,41,42,43,44)/p+1/t10-,12-,16?,22?/m0/s1. The second kappa shape index (κ2) is 13.7. The number of pyridine rings is 1. The molecule has 0 bridgehead atoms. The Kier molecular flexibility index (Phi) is 9.86. The van der Waals surface area contributed by atoms with Gasteiger partial charge in [0.1, 0.15) is 39.2 Å². The van der Waals surface area contributed by atoms with Crippen molar-refractivity contribution in [1.82, 2.24) is 24.8 Å². The molecule has 2 amide bonds. The summed E-state index contributed by atoms with van der Waals surface area (Å²) in [6.07, 6.45) is 0.740. The number of fused-ring (bicyclic) bond motifs is 2. The van der Waals surface area contributed by atoms with Gasteiger partial charge in [0.05, 0.1) is 12.8 Å². The van der Waals surface area contributed by atoms with Crippen molar-refractivity contribution in [2.75, 3.05) is 23.8 Å².